The van der Waals surface area contributed by atoms with Crippen LogP contribution in [0.3, 0.4) is 0 Å². The van der Waals surface area contributed by atoms with Crippen LogP contribution in [-0.2, 0) is 4.79 Å². The van der Waals surface area contributed by atoms with E-state index in [1.807, 2.05) is 13.8 Å². The molecule has 1 unspecified atom stereocenters. The molecule has 0 amide bonds. The SMILES string of the molecule is CC(C)c1cc(C2=NNC(C=O)N2c2ccc(O)cc2)c(O)cc1O. The number of anilines is 1. The minimum absolute atomic E-state index is 0.00549. The van der Waals surface area contributed by atoms with Gasteiger partial charge in [0, 0.05) is 11.8 Å². The molecule has 0 saturated heterocycles. The molecule has 2 aromatic carbocycles. The zero-order chi connectivity index (χ0) is 18.1. The molecule has 1 atom stereocenters. The second-order valence-electron chi connectivity index (χ2n) is 6.11. The minimum Gasteiger partial charge on any atom is -0.508 e. The number of benzene rings is 2. The largest absolute Gasteiger partial charge is 0.508 e. The molecule has 0 spiro atoms. The van der Waals surface area contributed by atoms with Crippen LogP contribution in [0.25, 0.3) is 0 Å². The van der Waals surface area contributed by atoms with Gasteiger partial charge in [0.05, 0.1) is 5.56 Å². The Morgan fingerprint density at radius 2 is 1.80 bits per heavy atom. The topological polar surface area (TPSA) is 105 Å². The highest BCUT2D eigenvalue weighted by molar-refractivity contribution is 6.14. The number of phenolic OH excluding ortho intramolecular Hbond substituents is 3. The highest BCUT2D eigenvalue weighted by Crippen LogP contribution is 2.35. The number of rotatable bonds is 4. The molecule has 0 aromatic heterocycles. The van der Waals surface area contributed by atoms with Crippen LogP contribution in [-0.4, -0.2) is 33.6 Å². The smallest absolute Gasteiger partial charge is 0.177 e. The standard InChI is InChI=1S/C18H19N3O4/c1-10(2)13-7-14(16(25)8-15(13)24)18-20-19-17(9-22)21(18)11-3-5-12(23)6-4-11/h3-10,17,19,23-25H,1-2H3. The van der Waals surface area contributed by atoms with Gasteiger partial charge >= 0.3 is 0 Å². The summed E-state index contributed by atoms with van der Waals surface area (Å²) in [6.07, 6.45) is -0.0419. The summed E-state index contributed by atoms with van der Waals surface area (Å²) >= 11 is 0. The molecule has 2 aromatic rings. The second kappa shape index (κ2) is 6.35. The molecule has 3 rings (SSSR count). The van der Waals surface area contributed by atoms with E-state index >= 15 is 0 Å². The Bertz CT molecular complexity index is 831. The predicted molar refractivity (Wildman–Crippen MR) is 94.0 cm³/mol. The lowest BCUT2D eigenvalue weighted by Crippen LogP contribution is -2.41. The lowest BCUT2D eigenvalue weighted by atomic mass is 9.98. The molecule has 25 heavy (non-hydrogen) atoms. The summed E-state index contributed by atoms with van der Waals surface area (Å²) in [5.41, 5.74) is 4.40. The van der Waals surface area contributed by atoms with Crippen LogP contribution < -0.4 is 10.3 Å². The monoisotopic (exact) mass is 341 g/mol. The van der Waals surface area contributed by atoms with Crippen LogP contribution in [0.1, 0.15) is 30.9 Å². The van der Waals surface area contributed by atoms with Gasteiger partial charge in [0.1, 0.15) is 17.2 Å². The Hall–Kier alpha value is -3.22. The molecule has 130 valence electrons. The summed E-state index contributed by atoms with van der Waals surface area (Å²) in [5.74, 6) is 0.357. The number of phenols is 3. The van der Waals surface area contributed by atoms with Gasteiger partial charge in [0.15, 0.2) is 18.3 Å². The summed E-state index contributed by atoms with van der Waals surface area (Å²) in [6, 6.07) is 9.24. The van der Waals surface area contributed by atoms with E-state index in [0.717, 1.165) is 0 Å². The van der Waals surface area contributed by atoms with Crippen molar-refractivity contribution in [2.24, 2.45) is 5.10 Å². The van der Waals surface area contributed by atoms with Crippen LogP contribution in [0.5, 0.6) is 17.2 Å². The normalized spacial score (nSPS) is 16.7. The van der Waals surface area contributed by atoms with Crippen molar-refractivity contribution in [3.63, 3.8) is 0 Å². The van der Waals surface area contributed by atoms with Crippen molar-refractivity contribution in [3.8, 4) is 17.2 Å². The summed E-state index contributed by atoms with van der Waals surface area (Å²) < 4.78 is 0. The maximum Gasteiger partial charge on any atom is 0.177 e. The van der Waals surface area contributed by atoms with Gasteiger partial charge in [-0.05, 0) is 41.8 Å². The molecule has 0 radical (unpaired) electrons. The van der Waals surface area contributed by atoms with E-state index in [2.05, 4.69) is 10.5 Å². The maximum absolute atomic E-state index is 11.4. The van der Waals surface area contributed by atoms with Crippen LogP contribution in [0.4, 0.5) is 5.69 Å². The number of aromatic hydroxyl groups is 3. The van der Waals surface area contributed by atoms with Gasteiger partial charge in [-0.3, -0.25) is 15.1 Å². The first-order chi connectivity index (χ1) is 11.9. The molecular formula is C18H19N3O4. The van der Waals surface area contributed by atoms with E-state index in [-0.39, 0.29) is 23.2 Å². The number of carbonyl (C=O) groups is 1. The Morgan fingerprint density at radius 3 is 2.40 bits per heavy atom. The molecule has 0 bridgehead atoms. The van der Waals surface area contributed by atoms with Crippen LogP contribution >= 0.6 is 0 Å². The number of hydrogen-bond donors (Lipinski definition) is 4. The number of amidine groups is 1. The van der Waals surface area contributed by atoms with Crippen molar-refractivity contribution < 1.29 is 20.1 Å². The number of nitrogens with one attached hydrogen (secondary N) is 1. The van der Waals surface area contributed by atoms with Gasteiger partial charge < -0.3 is 15.3 Å². The number of hydrazone groups is 1. The fourth-order valence-corrected chi connectivity index (χ4v) is 2.78. The van der Waals surface area contributed by atoms with E-state index in [0.29, 0.717) is 28.9 Å². The van der Waals surface area contributed by atoms with E-state index in [4.69, 9.17) is 0 Å². The Balaban J connectivity index is 2.10. The quantitative estimate of drug-likeness (QED) is 0.636. The Labute approximate surface area is 144 Å². The van der Waals surface area contributed by atoms with E-state index in [1.165, 1.54) is 18.2 Å². The molecule has 4 N–H and O–H groups in total. The number of hydrogen-bond acceptors (Lipinski definition) is 7. The van der Waals surface area contributed by atoms with Gasteiger partial charge in [-0.15, -0.1) is 0 Å². The summed E-state index contributed by atoms with van der Waals surface area (Å²) in [6.45, 7) is 3.85. The molecule has 0 fully saturated rings. The molecule has 1 aliphatic heterocycles. The fourth-order valence-electron chi connectivity index (χ4n) is 2.78. The highest BCUT2D eigenvalue weighted by atomic mass is 16.3. The zero-order valence-corrected chi connectivity index (χ0v) is 13.8. The van der Waals surface area contributed by atoms with Crippen molar-refractivity contribution >= 4 is 17.8 Å². The van der Waals surface area contributed by atoms with Crippen LogP contribution in [0, 0.1) is 0 Å². The third-order valence-electron chi connectivity index (χ3n) is 4.07. The van der Waals surface area contributed by atoms with E-state index in [1.54, 1.807) is 23.1 Å². The average Bonchev–Trinajstić information content (AvgIpc) is 2.99. The van der Waals surface area contributed by atoms with Crippen molar-refractivity contribution in [3.05, 3.63) is 47.5 Å². The van der Waals surface area contributed by atoms with E-state index in [9.17, 15) is 20.1 Å². The van der Waals surface area contributed by atoms with E-state index < -0.39 is 6.17 Å². The Morgan fingerprint density at radius 1 is 1.12 bits per heavy atom. The third kappa shape index (κ3) is 2.96. The van der Waals surface area contributed by atoms with Gasteiger partial charge in [0.2, 0.25) is 0 Å². The summed E-state index contributed by atoms with van der Waals surface area (Å²) in [4.78, 5) is 13.0. The molecule has 7 nitrogen and oxygen atoms in total. The molecule has 7 heteroatoms. The zero-order valence-electron chi connectivity index (χ0n) is 13.8. The molecule has 0 saturated carbocycles. The molecular weight excluding hydrogens is 322 g/mol. The number of carbonyl (C=O) groups excluding carboxylic acids is 1. The van der Waals surface area contributed by atoms with Crippen molar-refractivity contribution in [1.82, 2.24) is 5.43 Å². The summed E-state index contributed by atoms with van der Waals surface area (Å²) in [7, 11) is 0. The van der Waals surface area contributed by atoms with Gasteiger partial charge in [0.25, 0.3) is 0 Å². The van der Waals surface area contributed by atoms with Crippen molar-refractivity contribution in [2.75, 3.05) is 4.90 Å². The van der Waals surface area contributed by atoms with Crippen LogP contribution in [0.2, 0.25) is 0 Å². The second-order valence-corrected chi connectivity index (χ2v) is 6.11. The first kappa shape index (κ1) is 16.6. The molecule has 1 heterocycles. The van der Waals surface area contributed by atoms with Crippen molar-refractivity contribution in [2.45, 2.75) is 25.9 Å². The first-order valence-corrected chi connectivity index (χ1v) is 7.85. The summed E-state index contributed by atoms with van der Waals surface area (Å²) in [5, 5.41) is 34.0. The molecule has 0 aliphatic carbocycles. The lowest BCUT2D eigenvalue weighted by molar-refractivity contribution is -0.109. The first-order valence-electron chi connectivity index (χ1n) is 7.85. The lowest BCUT2D eigenvalue weighted by Gasteiger charge is -2.24. The minimum atomic E-state index is -0.741. The van der Waals surface area contributed by atoms with Gasteiger partial charge in [-0.25, -0.2) is 0 Å². The van der Waals surface area contributed by atoms with Gasteiger partial charge in [-0.1, -0.05) is 13.8 Å². The van der Waals surface area contributed by atoms with Crippen molar-refractivity contribution in [1.29, 1.82) is 0 Å². The highest BCUT2D eigenvalue weighted by Gasteiger charge is 2.32. The molecule has 1 aliphatic rings. The van der Waals surface area contributed by atoms with Gasteiger partial charge in [-0.2, -0.15) is 5.10 Å². The Kier molecular flexibility index (Phi) is 4.22. The van der Waals surface area contributed by atoms with Crippen LogP contribution in [0.15, 0.2) is 41.5 Å². The predicted octanol–water partition coefficient (Wildman–Crippen LogP) is 2.22. The fraction of sp³-hybridized carbons (Fsp3) is 0.222. The average molecular weight is 341 g/mol. The maximum atomic E-state index is 11.4. The number of aldehydes is 1. The third-order valence-corrected chi connectivity index (χ3v) is 4.07. The number of nitrogens with zero attached hydrogens (tertiary/aromatic N) is 2.